The summed E-state index contributed by atoms with van der Waals surface area (Å²) in [5.41, 5.74) is 0. The molecule has 58 valence electrons. The molecule has 0 spiro atoms. The van der Waals surface area contributed by atoms with E-state index in [1.54, 1.807) is 0 Å². The number of alkyl halides is 1. The van der Waals surface area contributed by atoms with Crippen LogP contribution in [0.2, 0.25) is 0 Å². The van der Waals surface area contributed by atoms with Crippen molar-refractivity contribution in [1.82, 2.24) is 0 Å². The minimum absolute atomic E-state index is 0.544. The Morgan fingerprint density at radius 2 is 1.90 bits per heavy atom. The third-order valence-corrected chi connectivity index (χ3v) is 0.550. The lowest BCUT2D eigenvalue weighted by Gasteiger charge is -2.01. The molecule has 0 aromatic rings. The van der Waals surface area contributed by atoms with Crippen LogP contribution >= 0.6 is 0 Å². The van der Waals surface area contributed by atoms with Crippen molar-refractivity contribution in [3.63, 3.8) is 0 Å². The zero-order valence-electron chi connectivity index (χ0n) is 4.78. The highest BCUT2D eigenvalue weighted by molar-refractivity contribution is 4.84. The van der Waals surface area contributed by atoms with Gasteiger partial charge in [0.2, 0.25) is 0 Å². The van der Waals surface area contributed by atoms with Crippen molar-refractivity contribution in [3.05, 3.63) is 24.7 Å². The van der Waals surface area contributed by atoms with Crippen LogP contribution in [0.5, 0.6) is 0 Å². The normalized spacial score (nSPS) is 12.0. The van der Waals surface area contributed by atoms with Crippen LogP contribution in [0.4, 0.5) is 17.6 Å². The molecule has 10 heavy (non-hydrogen) atoms. The van der Waals surface area contributed by atoms with E-state index in [4.69, 9.17) is 0 Å². The molecule has 5 heteroatoms. The second kappa shape index (κ2) is 3.92. The van der Waals surface area contributed by atoms with Gasteiger partial charge in [-0.15, -0.1) is 0 Å². The second-order valence-electron chi connectivity index (χ2n) is 1.24. The van der Waals surface area contributed by atoms with Gasteiger partial charge in [-0.2, -0.15) is 17.6 Å². The summed E-state index contributed by atoms with van der Waals surface area (Å²) in [6.07, 6.45) is -4.38. The average molecular weight is 156 g/mol. The van der Waals surface area contributed by atoms with Crippen LogP contribution in [0, 0.1) is 0 Å². The Morgan fingerprint density at radius 1 is 1.40 bits per heavy atom. The number of ether oxygens (including phenoxy) is 1. The van der Waals surface area contributed by atoms with Crippen LogP contribution in [0.1, 0.15) is 0 Å². The van der Waals surface area contributed by atoms with Crippen LogP contribution in [-0.4, -0.2) is 6.36 Å². The van der Waals surface area contributed by atoms with Gasteiger partial charge in [-0.05, 0) is 6.08 Å². The average Bonchev–Trinajstić information content (AvgIpc) is 1.87. The lowest BCUT2D eigenvalue weighted by Crippen LogP contribution is -1.99. The van der Waals surface area contributed by atoms with E-state index in [2.05, 4.69) is 11.3 Å². The van der Waals surface area contributed by atoms with Crippen LogP contribution in [0.25, 0.3) is 0 Å². The van der Waals surface area contributed by atoms with Crippen molar-refractivity contribution in [2.45, 2.75) is 6.36 Å². The van der Waals surface area contributed by atoms with Crippen LogP contribution < -0.4 is 0 Å². The summed E-state index contributed by atoms with van der Waals surface area (Å²) >= 11 is 0. The SMILES string of the molecule is C=CC(F)OC(F)=C(F)F. The molecule has 0 aromatic heterocycles. The van der Waals surface area contributed by atoms with Gasteiger partial charge in [0, 0.05) is 0 Å². The van der Waals surface area contributed by atoms with E-state index < -0.39 is 18.5 Å². The Kier molecular flexibility index (Phi) is 3.53. The summed E-state index contributed by atoms with van der Waals surface area (Å²) in [6, 6.07) is -2.22. The van der Waals surface area contributed by atoms with E-state index in [-0.39, 0.29) is 0 Å². The number of halogens is 4. The third-order valence-electron chi connectivity index (χ3n) is 0.550. The van der Waals surface area contributed by atoms with Gasteiger partial charge in [-0.3, -0.25) is 0 Å². The molecule has 0 heterocycles. The predicted octanol–water partition coefficient (Wildman–Crippen LogP) is 2.52. The second-order valence-corrected chi connectivity index (χ2v) is 1.24. The fraction of sp³-hybridized carbons (Fsp3) is 0.200. The van der Waals surface area contributed by atoms with Crippen LogP contribution in [0.15, 0.2) is 24.7 Å². The zero-order valence-corrected chi connectivity index (χ0v) is 4.78. The minimum Gasteiger partial charge on any atom is -0.429 e. The lowest BCUT2D eigenvalue weighted by molar-refractivity contribution is 0.00139. The number of hydrogen-bond acceptors (Lipinski definition) is 1. The maximum atomic E-state index is 11.8. The smallest absolute Gasteiger partial charge is 0.342 e. The van der Waals surface area contributed by atoms with Gasteiger partial charge in [-0.25, -0.2) is 0 Å². The number of rotatable bonds is 3. The topological polar surface area (TPSA) is 9.23 Å². The molecule has 0 rings (SSSR count). The third kappa shape index (κ3) is 3.11. The van der Waals surface area contributed by atoms with E-state index in [1.165, 1.54) is 0 Å². The van der Waals surface area contributed by atoms with Gasteiger partial charge >= 0.3 is 12.1 Å². The molecule has 0 saturated heterocycles. The molecule has 0 aliphatic heterocycles. The first-order valence-electron chi connectivity index (χ1n) is 2.22. The molecule has 0 amide bonds. The highest BCUT2D eigenvalue weighted by Crippen LogP contribution is 2.13. The molecule has 1 nitrogen and oxygen atoms in total. The molecule has 0 aliphatic rings. The zero-order chi connectivity index (χ0) is 8.15. The fourth-order valence-electron chi connectivity index (χ4n) is 0.192. The first kappa shape index (κ1) is 9.00. The Balaban J connectivity index is 3.91. The quantitative estimate of drug-likeness (QED) is 0.346. The van der Waals surface area contributed by atoms with Gasteiger partial charge in [0.15, 0.2) is 0 Å². The molecule has 1 unspecified atom stereocenters. The number of hydrogen-bond donors (Lipinski definition) is 0. The standard InChI is InChI=1S/C5H4F4O/c1-2-3(6)10-5(9)4(7)8/h2-3H,1H2. The van der Waals surface area contributed by atoms with Crippen LogP contribution in [0.3, 0.4) is 0 Å². The molecular formula is C5H4F4O. The van der Waals surface area contributed by atoms with Crippen molar-refractivity contribution in [3.8, 4) is 0 Å². The minimum atomic E-state index is -2.69. The van der Waals surface area contributed by atoms with Gasteiger partial charge in [-0.1, -0.05) is 6.58 Å². The summed E-state index contributed by atoms with van der Waals surface area (Å²) in [7, 11) is 0. The Hall–Kier alpha value is -1.00. The van der Waals surface area contributed by atoms with Crippen molar-refractivity contribution in [2.24, 2.45) is 0 Å². The lowest BCUT2D eigenvalue weighted by atomic mass is 10.6. The first-order chi connectivity index (χ1) is 4.57. The molecule has 0 aromatic carbocycles. The Bertz CT molecular complexity index is 150. The summed E-state index contributed by atoms with van der Waals surface area (Å²) in [5.74, 6) is 0. The largest absolute Gasteiger partial charge is 0.429 e. The van der Waals surface area contributed by atoms with Gasteiger partial charge in [0.1, 0.15) is 0 Å². The predicted molar refractivity (Wildman–Crippen MR) is 26.5 cm³/mol. The van der Waals surface area contributed by atoms with E-state index in [0.29, 0.717) is 6.08 Å². The Morgan fingerprint density at radius 3 is 2.20 bits per heavy atom. The Labute approximate surface area is 54.6 Å². The van der Waals surface area contributed by atoms with Crippen molar-refractivity contribution < 1.29 is 22.3 Å². The molecule has 0 aliphatic carbocycles. The highest BCUT2D eigenvalue weighted by atomic mass is 19.3. The molecule has 0 radical (unpaired) electrons. The fourth-order valence-corrected chi connectivity index (χ4v) is 0.192. The molecule has 0 N–H and O–H groups in total. The van der Waals surface area contributed by atoms with E-state index in [0.717, 1.165) is 0 Å². The van der Waals surface area contributed by atoms with E-state index in [9.17, 15) is 17.6 Å². The monoisotopic (exact) mass is 156 g/mol. The molecule has 1 atom stereocenters. The molecule has 0 bridgehead atoms. The highest BCUT2D eigenvalue weighted by Gasteiger charge is 2.10. The van der Waals surface area contributed by atoms with Gasteiger partial charge in [0.25, 0.3) is 6.36 Å². The molecular weight excluding hydrogens is 152 g/mol. The van der Waals surface area contributed by atoms with Crippen LogP contribution in [-0.2, 0) is 4.74 Å². The van der Waals surface area contributed by atoms with Crippen molar-refractivity contribution >= 4 is 0 Å². The van der Waals surface area contributed by atoms with Gasteiger partial charge in [0.05, 0.1) is 0 Å². The van der Waals surface area contributed by atoms with Gasteiger partial charge < -0.3 is 4.74 Å². The van der Waals surface area contributed by atoms with Crippen molar-refractivity contribution in [1.29, 1.82) is 0 Å². The molecule has 0 saturated carbocycles. The summed E-state index contributed by atoms with van der Waals surface area (Å²) < 4.78 is 48.9. The first-order valence-corrected chi connectivity index (χ1v) is 2.22. The summed E-state index contributed by atoms with van der Waals surface area (Å²) in [6.45, 7) is 2.84. The van der Waals surface area contributed by atoms with E-state index in [1.807, 2.05) is 0 Å². The maximum absolute atomic E-state index is 11.8. The summed E-state index contributed by atoms with van der Waals surface area (Å²) in [5, 5.41) is 0. The van der Waals surface area contributed by atoms with Crippen molar-refractivity contribution in [2.75, 3.05) is 0 Å². The maximum Gasteiger partial charge on any atom is 0.342 e. The van der Waals surface area contributed by atoms with E-state index >= 15 is 0 Å². The summed E-state index contributed by atoms with van der Waals surface area (Å²) in [4.78, 5) is 0. The molecule has 0 fully saturated rings.